The lowest BCUT2D eigenvalue weighted by Gasteiger charge is -2.12. The predicted molar refractivity (Wildman–Crippen MR) is 62.9 cm³/mol. The van der Waals surface area contributed by atoms with Crippen LogP contribution in [0.5, 0.6) is 0 Å². The van der Waals surface area contributed by atoms with E-state index in [2.05, 4.69) is 0 Å². The zero-order chi connectivity index (χ0) is 13.2. The van der Waals surface area contributed by atoms with Crippen molar-refractivity contribution in [3.63, 3.8) is 0 Å². The second kappa shape index (κ2) is 4.96. The molecular weight excluding hydrogens is 241 g/mol. The van der Waals surface area contributed by atoms with Gasteiger partial charge >= 0.3 is 6.18 Å². The molecule has 1 saturated carbocycles. The molecule has 1 aliphatic rings. The number of Topliss-reactive ketones (excluding diaryl/α,β-unsaturated/α-hetero) is 1. The Kier molecular flexibility index (Phi) is 3.55. The van der Waals surface area contributed by atoms with Crippen LogP contribution in [-0.2, 0) is 11.0 Å². The van der Waals surface area contributed by atoms with Crippen LogP contribution in [0, 0.1) is 0 Å². The lowest BCUT2D eigenvalue weighted by molar-refractivity contribution is -0.137. The molecule has 1 fully saturated rings. The van der Waals surface area contributed by atoms with Crippen molar-refractivity contribution >= 4 is 11.9 Å². The van der Waals surface area contributed by atoms with E-state index >= 15 is 0 Å². The fourth-order valence-corrected chi connectivity index (χ4v) is 2.02. The van der Waals surface area contributed by atoms with Gasteiger partial charge in [0.25, 0.3) is 0 Å². The van der Waals surface area contributed by atoms with Gasteiger partial charge in [0.2, 0.25) is 0 Å². The second-order valence-corrected chi connectivity index (χ2v) is 4.42. The van der Waals surface area contributed by atoms with Crippen molar-refractivity contribution in [2.24, 2.45) is 0 Å². The minimum atomic E-state index is -4.31. The summed E-state index contributed by atoms with van der Waals surface area (Å²) in [7, 11) is 0. The van der Waals surface area contributed by atoms with Gasteiger partial charge in [-0.15, -0.1) is 0 Å². The maximum atomic E-state index is 12.4. The number of hydrogen-bond donors (Lipinski definition) is 0. The third-order valence-electron chi connectivity index (χ3n) is 3.04. The molecule has 18 heavy (non-hydrogen) atoms. The van der Waals surface area contributed by atoms with Gasteiger partial charge in [-0.2, -0.15) is 13.2 Å². The summed E-state index contributed by atoms with van der Waals surface area (Å²) in [4.78, 5) is 11.6. The first-order valence-corrected chi connectivity index (χ1v) is 5.88. The molecule has 96 valence electrons. The summed E-state index contributed by atoms with van der Waals surface area (Å²) in [6, 6.07) is 4.88. The quantitative estimate of drug-likeness (QED) is 0.685. The molecule has 0 N–H and O–H groups in total. The summed E-state index contributed by atoms with van der Waals surface area (Å²) in [5.74, 6) is 0.112. The van der Waals surface area contributed by atoms with Crippen LogP contribution in [0.1, 0.15) is 36.8 Å². The molecule has 4 heteroatoms. The lowest BCUT2D eigenvalue weighted by atomic mass is 9.92. The average Bonchev–Trinajstić information content (AvgIpc) is 2.32. The van der Waals surface area contributed by atoms with Crippen molar-refractivity contribution in [1.29, 1.82) is 0 Å². The molecule has 1 aliphatic carbocycles. The normalized spacial score (nSPS) is 19.3. The number of alkyl halides is 3. The average molecular weight is 254 g/mol. The van der Waals surface area contributed by atoms with Gasteiger partial charge in [-0.25, -0.2) is 0 Å². The Morgan fingerprint density at radius 2 is 1.61 bits per heavy atom. The number of hydrogen-bond acceptors (Lipinski definition) is 1. The van der Waals surface area contributed by atoms with E-state index in [-0.39, 0.29) is 5.78 Å². The molecule has 0 heterocycles. The van der Waals surface area contributed by atoms with E-state index in [0.29, 0.717) is 12.0 Å². The fourth-order valence-electron chi connectivity index (χ4n) is 2.02. The maximum Gasteiger partial charge on any atom is 0.416 e. The van der Waals surface area contributed by atoms with Crippen LogP contribution in [0.3, 0.4) is 0 Å². The number of carbonyl (C=O) groups is 1. The van der Waals surface area contributed by atoms with E-state index in [0.717, 1.165) is 37.0 Å². The monoisotopic (exact) mass is 254 g/mol. The molecule has 1 aromatic rings. The standard InChI is InChI=1S/C14H13F3O/c15-14(16,17)12-7-5-10(6-8-12)9-11-3-1-2-4-13(11)18/h5-9H,1-4H2/b11-9+. The van der Waals surface area contributed by atoms with Crippen molar-refractivity contribution < 1.29 is 18.0 Å². The summed E-state index contributed by atoms with van der Waals surface area (Å²) in [6.07, 6.45) is 0.529. The van der Waals surface area contributed by atoms with Crippen LogP contribution in [-0.4, -0.2) is 5.78 Å². The highest BCUT2D eigenvalue weighted by atomic mass is 19.4. The number of ketones is 1. The first-order chi connectivity index (χ1) is 8.47. The summed E-state index contributed by atoms with van der Waals surface area (Å²) in [6.45, 7) is 0. The summed E-state index contributed by atoms with van der Waals surface area (Å²) < 4.78 is 37.1. The minimum absolute atomic E-state index is 0.112. The van der Waals surface area contributed by atoms with Crippen LogP contribution in [0.25, 0.3) is 6.08 Å². The molecule has 0 atom stereocenters. The number of carbonyl (C=O) groups excluding carboxylic acids is 1. The zero-order valence-corrected chi connectivity index (χ0v) is 9.76. The maximum absolute atomic E-state index is 12.4. The van der Waals surface area contributed by atoms with Gasteiger partial charge in [0, 0.05) is 6.42 Å². The Hall–Kier alpha value is -1.58. The van der Waals surface area contributed by atoms with Crippen molar-refractivity contribution in [2.45, 2.75) is 31.9 Å². The topological polar surface area (TPSA) is 17.1 Å². The molecule has 1 nitrogen and oxygen atoms in total. The third-order valence-corrected chi connectivity index (χ3v) is 3.04. The summed E-state index contributed by atoms with van der Waals surface area (Å²) in [5, 5.41) is 0. The molecular formula is C14H13F3O. The summed E-state index contributed by atoms with van der Waals surface area (Å²) >= 11 is 0. The number of benzene rings is 1. The van der Waals surface area contributed by atoms with E-state index in [1.807, 2.05) is 0 Å². The smallest absolute Gasteiger partial charge is 0.295 e. The number of halogens is 3. The minimum Gasteiger partial charge on any atom is -0.295 e. The van der Waals surface area contributed by atoms with Crippen molar-refractivity contribution in [2.75, 3.05) is 0 Å². The number of rotatable bonds is 1. The molecule has 0 amide bonds. The van der Waals surface area contributed by atoms with Crippen molar-refractivity contribution in [3.05, 3.63) is 41.0 Å². The van der Waals surface area contributed by atoms with Gasteiger partial charge in [-0.3, -0.25) is 4.79 Å². The molecule has 1 aromatic carbocycles. The van der Waals surface area contributed by atoms with E-state index in [1.165, 1.54) is 12.1 Å². The highest BCUT2D eigenvalue weighted by Gasteiger charge is 2.29. The van der Waals surface area contributed by atoms with E-state index < -0.39 is 11.7 Å². The SMILES string of the molecule is O=C1CCCC/C1=C\c1ccc(C(F)(F)F)cc1. The Balaban J connectivity index is 2.20. The van der Waals surface area contributed by atoms with E-state index in [9.17, 15) is 18.0 Å². The molecule has 2 rings (SSSR count). The first kappa shape index (κ1) is 12.9. The zero-order valence-electron chi connectivity index (χ0n) is 9.76. The van der Waals surface area contributed by atoms with Crippen LogP contribution in [0.15, 0.2) is 29.8 Å². The molecule has 0 unspecified atom stereocenters. The predicted octanol–water partition coefficient (Wildman–Crippen LogP) is 4.23. The lowest BCUT2D eigenvalue weighted by Crippen LogP contribution is -2.08. The summed E-state index contributed by atoms with van der Waals surface area (Å²) in [5.41, 5.74) is 0.703. The molecule has 0 spiro atoms. The van der Waals surface area contributed by atoms with Crippen molar-refractivity contribution in [1.82, 2.24) is 0 Å². The van der Waals surface area contributed by atoms with Crippen LogP contribution in [0.2, 0.25) is 0 Å². The van der Waals surface area contributed by atoms with E-state index in [1.54, 1.807) is 6.08 Å². The Morgan fingerprint density at radius 1 is 1.00 bits per heavy atom. The van der Waals surface area contributed by atoms with Gasteiger partial charge in [-0.1, -0.05) is 12.1 Å². The molecule has 0 aromatic heterocycles. The second-order valence-electron chi connectivity index (χ2n) is 4.42. The molecule has 0 saturated heterocycles. The Labute approximate surface area is 103 Å². The Bertz CT molecular complexity index is 469. The van der Waals surface area contributed by atoms with Gasteiger partial charge in [0.15, 0.2) is 5.78 Å². The fraction of sp³-hybridized carbons (Fsp3) is 0.357. The highest BCUT2D eigenvalue weighted by molar-refractivity contribution is 6.00. The van der Waals surface area contributed by atoms with Crippen LogP contribution in [0.4, 0.5) is 13.2 Å². The first-order valence-electron chi connectivity index (χ1n) is 5.88. The van der Waals surface area contributed by atoms with Gasteiger partial charge in [0.1, 0.15) is 0 Å². The van der Waals surface area contributed by atoms with Gasteiger partial charge < -0.3 is 0 Å². The van der Waals surface area contributed by atoms with Crippen LogP contribution >= 0.6 is 0 Å². The Morgan fingerprint density at radius 3 is 2.17 bits per heavy atom. The van der Waals surface area contributed by atoms with Crippen LogP contribution < -0.4 is 0 Å². The number of allylic oxidation sites excluding steroid dienone is 1. The van der Waals surface area contributed by atoms with Gasteiger partial charge in [0.05, 0.1) is 5.56 Å². The molecule has 0 aliphatic heterocycles. The molecule has 0 radical (unpaired) electrons. The third kappa shape index (κ3) is 3.00. The molecule has 0 bridgehead atoms. The van der Waals surface area contributed by atoms with Crippen molar-refractivity contribution in [3.8, 4) is 0 Å². The highest BCUT2D eigenvalue weighted by Crippen LogP contribution is 2.29. The van der Waals surface area contributed by atoms with Gasteiger partial charge in [-0.05, 0) is 48.6 Å². The largest absolute Gasteiger partial charge is 0.416 e. The van der Waals surface area contributed by atoms with E-state index in [4.69, 9.17) is 0 Å².